The summed E-state index contributed by atoms with van der Waals surface area (Å²) in [5.41, 5.74) is 3.01. The first kappa shape index (κ1) is 15.2. The summed E-state index contributed by atoms with van der Waals surface area (Å²) in [5, 5.41) is 5.46. The Hall–Kier alpha value is -3.35. The maximum Gasteiger partial charge on any atom is 0.259 e. The number of hydrogen-bond donors (Lipinski definition) is 0. The van der Waals surface area contributed by atoms with Gasteiger partial charge in [-0.15, -0.1) is 0 Å². The summed E-state index contributed by atoms with van der Waals surface area (Å²) >= 11 is 0. The quantitative estimate of drug-likeness (QED) is 0.540. The monoisotopic (exact) mass is 333 g/mol. The third kappa shape index (κ3) is 2.40. The van der Waals surface area contributed by atoms with Gasteiger partial charge in [-0.1, -0.05) is 6.07 Å². The van der Waals surface area contributed by atoms with Crippen molar-refractivity contribution in [2.45, 2.75) is 6.92 Å². The van der Waals surface area contributed by atoms with Gasteiger partial charge in [0.25, 0.3) is 5.91 Å². The Morgan fingerprint density at radius 3 is 2.64 bits per heavy atom. The van der Waals surface area contributed by atoms with Crippen LogP contribution in [0.5, 0.6) is 0 Å². The van der Waals surface area contributed by atoms with Gasteiger partial charge in [0.15, 0.2) is 0 Å². The number of carbonyl (C=O) groups excluding carboxylic acids is 2. The molecule has 0 bridgehead atoms. The van der Waals surface area contributed by atoms with E-state index in [1.165, 1.54) is 5.01 Å². The highest BCUT2D eigenvalue weighted by Gasteiger charge is 2.41. The first-order chi connectivity index (χ1) is 12.1. The molecule has 1 aliphatic heterocycles. The summed E-state index contributed by atoms with van der Waals surface area (Å²) < 4.78 is 1.83. The molecule has 0 saturated carbocycles. The zero-order valence-electron chi connectivity index (χ0n) is 13.7. The Kier molecular flexibility index (Phi) is 3.42. The molecule has 1 unspecified atom stereocenters. The second-order valence-electron chi connectivity index (χ2n) is 5.90. The van der Waals surface area contributed by atoms with E-state index in [0.29, 0.717) is 16.9 Å². The molecular weight excluding hydrogens is 318 g/mol. The van der Waals surface area contributed by atoms with Gasteiger partial charge in [-0.3, -0.25) is 14.6 Å². The number of hydrazone groups is 1. The normalized spacial score (nSPS) is 17.2. The summed E-state index contributed by atoms with van der Waals surface area (Å²) in [6, 6.07) is 9.11. The van der Waals surface area contributed by atoms with E-state index < -0.39 is 5.92 Å². The van der Waals surface area contributed by atoms with Crippen molar-refractivity contribution < 1.29 is 9.59 Å². The van der Waals surface area contributed by atoms with Crippen molar-refractivity contribution in [1.29, 1.82) is 0 Å². The molecule has 0 radical (unpaired) electrons. The van der Waals surface area contributed by atoms with Crippen LogP contribution in [-0.2, 0) is 4.79 Å². The van der Waals surface area contributed by atoms with Crippen LogP contribution in [0.2, 0.25) is 0 Å². The number of amides is 1. The highest BCUT2D eigenvalue weighted by molar-refractivity contribution is 6.30. The molecule has 1 atom stereocenters. The topological polar surface area (TPSA) is 79.9 Å². The number of rotatable bonds is 3. The Labute approximate surface area is 143 Å². The Morgan fingerprint density at radius 1 is 1.16 bits per heavy atom. The van der Waals surface area contributed by atoms with E-state index in [1.807, 2.05) is 29.5 Å². The molecule has 0 saturated heterocycles. The molecule has 1 aliphatic rings. The van der Waals surface area contributed by atoms with Crippen LogP contribution < -0.4 is 0 Å². The third-order valence-electron chi connectivity index (χ3n) is 4.28. The third-order valence-corrected chi connectivity index (χ3v) is 4.28. The smallest absolute Gasteiger partial charge is 0.259 e. The van der Waals surface area contributed by atoms with Gasteiger partial charge in [-0.05, 0) is 31.2 Å². The van der Waals surface area contributed by atoms with Gasteiger partial charge < -0.3 is 4.40 Å². The zero-order chi connectivity index (χ0) is 17.6. The summed E-state index contributed by atoms with van der Waals surface area (Å²) in [7, 11) is 1.55. The van der Waals surface area contributed by atoms with Crippen LogP contribution in [-0.4, -0.2) is 43.8 Å². The lowest BCUT2D eigenvalue weighted by molar-refractivity contribution is -0.129. The van der Waals surface area contributed by atoms with Crippen LogP contribution in [0.25, 0.3) is 5.65 Å². The van der Waals surface area contributed by atoms with Crippen LogP contribution >= 0.6 is 0 Å². The summed E-state index contributed by atoms with van der Waals surface area (Å²) in [4.78, 5) is 33.9. The number of carbonyl (C=O) groups is 2. The summed E-state index contributed by atoms with van der Waals surface area (Å²) in [6.45, 7) is 1.93. The van der Waals surface area contributed by atoms with Gasteiger partial charge in [0.2, 0.25) is 5.78 Å². The van der Waals surface area contributed by atoms with E-state index in [0.717, 1.165) is 5.69 Å². The lowest BCUT2D eigenvalue weighted by Gasteiger charge is -2.09. The summed E-state index contributed by atoms with van der Waals surface area (Å²) in [5.74, 6) is -1.70. The predicted octanol–water partition coefficient (Wildman–Crippen LogP) is 1.71. The van der Waals surface area contributed by atoms with Crippen molar-refractivity contribution in [3.05, 3.63) is 65.9 Å². The van der Waals surface area contributed by atoms with Gasteiger partial charge in [0.1, 0.15) is 17.3 Å². The van der Waals surface area contributed by atoms with Crippen LogP contribution in [0.15, 0.2) is 54.0 Å². The van der Waals surface area contributed by atoms with E-state index in [-0.39, 0.29) is 17.4 Å². The molecule has 0 N–H and O–H groups in total. The number of nitrogens with zero attached hydrogens (tertiary/aromatic N) is 5. The molecule has 7 nitrogen and oxygen atoms in total. The van der Waals surface area contributed by atoms with Crippen molar-refractivity contribution in [2.24, 2.45) is 11.0 Å². The van der Waals surface area contributed by atoms with Crippen molar-refractivity contribution in [3.8, 4) is 0 Å². The number of Topliss-reactive ketones (excluding diaryl/α,β-unsaturated/α-hetero) is 1. The van der Waals surface area contributed by atoms with E-state index >= 15 is 0 Å². The van der Waals surface area contributed by atoms with Crippen molar-refractivity contribution in [2.75, 3.05) is 7.05 Å². The van der Waals surface area contributed by atoms with Crippen LogP contribution in [0, 0.1) is 12.8 Å². The molecule has 124 valence electrons. The molecule has 0 spiro atoms. The van der Waals surface area contributed by atoms with E-state index in [9.17, 15) is 9.59 Å². The molecule has 3 aromatic rings. The average Bonchev–Trinajstić information content (AvgIpc) is 3.18. The number of pyridine rings is 2. The number of aromatic nitrogens is 3. The van der Waals surface area contributed by atoms with E-state index in [4.69, 9.17) is 0 Å². The number of ketones is 1. The molecule has 25 heavy (non-hydrogen) atoms. The van der Waals surface area contributed by atoms with E-state index in [2.05, 4.69) is 15.1 Å². The average molecular weight is 333 g/mol. The largest absolute Gasteiger partial charge is 0.304 e. The fourth-order valence-electron chi connectivity index (χ4n) is 2.97. The lowest BCUT2D eigenvalue weighted by atomic mass is 9.92. The maximum absolute atomic E-state index is 13.0. The number of fused-ring (bicyclic) bond motifs is 1. The molecule has 4 rings (SSSR count). The molecule has 0 fully saturated rings. The van der Waals surface area contributed by atoms with Gasteiger partial charge in [-0.25, -0.2) is 9.99 Å². The van der Waals surface area contributed by atoms with Crippen LogP contribution in [0.1, 0.15) is 21.7 Å². The molecule has 3 aromatic heterocycles. The van der Waals surface area contributed by atoms with Crippen LogP contribution in [0.3, 0.4) is 0 Å². The van der Waals surface area contributed by atoms with Gasteiger partial charge >= 0.3 is 0 Å². The zero-order valence-corrected chi connectivity index (χ0v) is 13.7. The second kappa shape index (κ2) is 5.62. The second-order valence-corrected chi connectivity index (χ2v) is 5.90. The Bertz CT molecular complexity index is 1020. The Balaban J connectivity index is 1.78. The standard InChI is InChI=1S/C18H15N5O2/c1-11-4-3-5-14-20-13(10-23(11)14)17(24)15-16(21-22(2)18(15)25)12-6-8-19-9-7-12/h3-10,15H,1-2H3. The number of aryl methyl sites for hydroxylation is 1. The highest BCUT2D eigenvalue weighted by atomic mass is 16.2. The number of hydrogen-bond acceptors (Lipinski definition) is 5. The van der Waals surface area contributed by atoms with Crippen molar-refractivity contribution in [3.63, 3.8) is 0 Å². The molecule has 1 amide bonds. The van der Waals surface area contributed by atoms with Gasteiger partial charge in [-0.2, -0.15) is 5.10 Å². The van der Waals surface area contributed by atoms with Gasteiger partial charge in [0.05, 0.1) is 5.71 Å². The molecule has 4 heterocycles. The minimum absolute atomic E-state index is 0.254. The fourth-order valence-corrected chi connectivity index (χ4v) is 2.97. The molecular formula is C18H15N5O2. The summed E-state index contributed by atoms with van der Waals surface area (Å²) in [6.07, 6.45) is 4.88. The molecule has 0 aliphatic carbocycles. The maximum atomic E-state index is 13.0. The SMILES string of the molecule is Cc1cccc2nc(C(=O)C3C(=O)N(C)N=C3c3ccncc3)cn12. The minimum atomic E-state index is -0.988. The van der Waals surface area contributed by atoms with Crippen molar-refractivity contribution >= 4 is 23.0 Å². The lowest BCUT2D eigenvalue weighted by Crippen LogP contribution is -2.32. The van der Waals surface area contributed by atoms with E-state index in [1.54, 1.807) is 37.8 Å². The fraction of sp³-hybridized carbons (Fsp3) is 0.167. The molecule has 7 heteroatoms. The first-order valence-electron chi connectivity index (χ1n) is 7.81. The molecule has 0 aromatic carbocycles. The minimum Gasteiger partial charge on any atom is -0.304 e. The van der Waals surface area contributed by atoms with Crippen LogP contribution in [0.4, 0.5) is 0 Å². The Morgan fingerprint density at radius 2 is 1.92 bits per heavy atom. The van der Waals surface area contributed by atoms with Gasteiger partial charge in [0, 0.05) is 36.9 Å². The van der Waals surface area contributed by atoms with Crippen molar-refractivity contribution in [1.82, 2.24) is 19.4 Å². The first-order valence-corrected chi connectivity index (χ1v) is 7.81. The highest BCUT2D eigenvalue weighted by Crippen LogP contribution is 2.24. The number of imidazole rings is 1. The predicted molar refractivity (Wildman–Crippen MR) is 91.3 cm³/mol.